The zero-order valence-corrected chi connectivity index (χ0v) is 14.7. The Morgan fingerprint density at radius 1 is 1.08 bits per heavy atom. The summed E-state index contributed by atoms with van der Waals surface area (Å²) in [4.78, 5) is 0. The molecule has 1 saturated carbocycles. The molecule has 4 rings (SSSR count). The van der Waals surface area contributed by atoms with E-state index in [-0.39, 0.29) is 5.82 Å². The van der Waals surface area contributed by atoms with Gasteiger partial charge in [0.05, 0.1) is 0 Å². The summed E-state index contributed by atoms with van der Waals surface area (Å²) in [6.45, 7) is 0.781. The lowest BCUT2D eigenvalue weighted by molar-refractivity contribution is 0.356. The van der Waals surface area contributed by atoms with Crippen LogP contribution in [0.5, 0.6) is 0 Å². The van der Waals surface area contributed by atoms with Gasteiger partial charge in [0.25, 0.3) is 0 Å². The third-order valence-electron chi connectivity index (χ3n) is 5.61. The van der Waals surface area contributed by atoms with E-state index in [1.807, 2.05) is 12.1 Å². The molecular formula is C22H25FN2. The van der Waals surface area contributed by atoms with Gasteiger partial charge in [-0.3, -0.25) is 0 Å². The van der Waals surface area contributed by atoms with Crippen molar-refractivity contribution >= 4 is 10.9 Å². The second-order valence-electron chi connectivity index (χ2n) is 7.21. The van der Waals surface area contributed by atoms with Crippen molar-refractivity contribution in [2.45, 2.75) is 44.2 Å². The average Bonchev–Trinajstić information content (AvgIpc) is 3.02. The molecule has 2 unspecified atom stereocenters. The maximum atomic E-state index is 13.2. The molecular weight excluding hydrogens is 311 g/mol. The minimum absolute atomic E-state index is 0.179. The minimum Gasteiger partial charge on any atom is -0.343 e. The summed E-state index contributed by atoms with van der Waals surface area (Å²) < 4.78 is 15.5. The molecule has 0 saturated heterocycles. The standard InChI is InChI=1S/C22H25FN2/c1-24-19-6-4-5-17(13-19)21-15-25(22-8-3-2-7-20(21)22)14-16-9-11-18(23)12-10-16/h2-3,7-12,15,17,19,24H,4-6,13-14H2,1H3. The largest absolute Gasteiger partial charge is 0.343 e. The first-order chi connectivity index (χ1) is 12.2. The second kappa shape index (κ2) is 7.01. The molecule has 2 atom stereocenters. The number of halogens is 1. The van der Waals surface area contributed by atoms with Crippen LogP contribution in [0.15, 0.2) is 54.7 Å². The Hall–Kier alpha value is -2.13. The Labute approximate surface area is 148 Å². The van der Waals surface area contributed by atoms with Crippen molar-refractivity contribution in [3.05, 3.63) is 71.7 Å². The lowest BCUT2D eigenvalue weighted by Gasteiger charge is -2.28. The van der Waals surface area contributed by atoms with E-state index >= 15 is 0 Å². The van der Waals surface area contributed by atoms with Gasteiger partial charge in [-0.2, -0.15) is 0 Å². The first-order valence-electron chi connectivity index (χ1n) is 9.24. The molecule has 25 heavy (non-hydrogen) atoms. The van der Waals surface area contributed by atoms with Gasteiger partial charge in [-0.05, 0) is 61.6 Å². The second-order valence-corrected chi connectivity index (χ2v) is 7.21. The molecule has 1 aromatic heterocycles. The summed E-state index contributed by atoms with van der Waals surface area (Å²) in [5.74, 6) is 0.438. The smallest absolute Gasteiger partial charge is 0.123 e. The maximum Gasteiger partial charge on any atom is 0.123 e. The fourth-order valence-corrected chi connectivity index (χ4v) is 4.25. The van der Waals surface area contributed by atoms with Crippen molar-refractivity contribution < 1.29 is 4.39 Å². The van der Waals surface area contributed by atoms with Crippen LogP contribution in [0.1, 0.15) is 42.7 Å². The quantitative estimate of drug-likeness (QED) is 0.703. The molecule has 1 fully saturated rings. The van der Waals surface area contributed by atoms with Crippen LogP contribution < -0.4 is 5.32 Å². The first kappa shape index (κ1) is 16.3. The van der Waals surface area contributed by atoms with Gasteiger partial charge in [0, 0.05) is 29.7 Å². The molecule has 1 aliphatic rings. The summed E-state index contributed by atoms with van der Waals surface area (Å²) in [6.07, 6.45) is 7.37. The van der Waals surface area contributed by atoms with Crippen LogP contribution in [0.2, 0.25) is 0 Å². The van der Waals surface area contributed by atoms with Crippen LogP contribution in [0, 0.1) is 5.82 Å². The monoisotopic (exact) mass is 336 g/mol. The number of aromatic nitrogens is 1. The number of para-hydroxylation sites is 1. The van der Waals surface area contributed by atoms with E-state index in [0.29, 0.717) is 12.0 Å². The molecule has 1 N–H and O–H groups in total. The molecule has 0 spiro atoms. The Bertz CT molecular complexity index is 850. The predicted octanol–water partition coefficient (Wildman–Crippen LogP) is 5.07. The van der Waals surface area contributed by atoms with Crippen LogP contribution >= 0.6 is 0 Å². The van der Waals surface area contributed by atoms with Gasteiger partial charge in [-0.15, -0.1) is 0 Å². The van der Waals surface area contributed by atoms with Crippen LogP contribution in [-0.4, -0.2) is 17.7 Å². The topological polar surface area (TPSA) is 17.0 Å². The molecule has 3 aromatic rings. The van der Waals surface area contributed by atoms with Gasteiger partial charge < -0.3 is 9.88 Å². The van der Waals surface area contributed by atoms with E-state index in [4.69, 9.17) is 0 Å². The summed E-state index contributed by atoms with van der Waals surface area (Å²) >= 11 is 0. The SMILES string of the molecule is CNC1CCCC(c2cn(Cc3ccc(F)cc3)c3ccccc23)C1. The van der Waals surface area contributed by atoms with Gasteiger partial charge in [0.2, 0.25) is 0 Å². The van der Waals surface area contributed by atoms with Crippen molar-refractivity contribution in [1.82, 2.24) is 9.88 Å². The van der Waals surface area contributed by atoms with Crippen LogP contribution in [0.25, 0.3) is 10.9 Å². The molecule has 2 nitrogen and oxygen atoms in total. The van der Waals surface area contributed by atoms with Gasteiger partial charge in [-0.25, -0.2) is 4.39 Å². The molecule has 0 radical (unpaired) electrons. The number of nitrogens with zero attached hydrogens (tertiary/aromatic N) is 1. The molecule has 1 aliphatic carbocycles. The Kier molecular flexibility index (Phi) is 4.58. The normalized spacial score (nSPS) is 20.9. The summed E-state index contributed by atoms with van der Waals surface area (Å²) in [7, 11) is 2.07. The van der Waals surface area contributed by atoms with Crippen molar-refractivity contribution in [3.63, 3.8) is 0 Å². The number of fused-ring (bicyclic) bond motifs is 1. The Morgan fingerprint density at radius 2 is 1.88 bits per heavy atom. The summed E-state index contributed by atoms with van der Waals surface area (Å²) in [5, 5.41) is 4.83. The van der Waals surface area contributed by atoms with Crippen molar-refractivity contribution in [1.29, 1.82) is 0 Å². The van der Waals surface area contributed by atoms with Gasteiger partial charge in [0.15, 0.2) is 0 Å². The molecule has 130 valence electrons. The highest BCUT2D eigenvalue weighted by Crippen LogP contribution is 2.37. The van der Waals surface area contributed by atoms with Crippen molar-refractivity contribution in [3.8, 4) is 0 Å². The third-order valence-corrected chi connectivity index (χ3v) is 5.61. The van der Waals surface area contributed by atoms with Gasteiger partial charge in [0.1, 0.15) is 5.82 Å². The number of benzene rings is 2. The molecule has 0 bridgehead atoms. The fourth-order valence-electron chi connectivity index (χ4n) is 4.25. The summed E-state index contributed by atoms with van der Waals surface area (Å²) in [6, 6.07) is 16.1. The van der Waals surface area contributed by atoms with Crippen LogP contribution in [0.4, 0.5) is 4.39 Å². The lowest BCUT2D eigenvalue weighted by Crippen LogP contribution is -2.30. The highest BCUT2D eigenvalue weighted by molar-refractivity contribution is 5.84. The predicted molar refractivity (Wildman–Crippen MR) is 101 cm³/mol. The fraction of sp³-hybridized carbons (Fsp3) is 0.364. The van der Waals surface area contributed by atoms with Crippen LogP contribution in [-0.2, 0) is 6.54 Å². The molecule has 3 heteroatoms. The average molecular weight is 336 g/mol. The zero-order chi connectivity index (χ0) is 17.2. The molecule has 0 aliphatic heterocycles. The molecule has 0 amide bonds. The van der Waals surface area contributed by atoms with Gasteiger partial charge in [-0.1, -0.05) is 36.8 Å². The number of hydrogen-bond donors (Lipinski definition) is 1. The minimum atomic E-state index is -0.179. The Morgan fingerprint density at radius 3 is 2.68 bits per heavy atom. The highest BCUT2D eigenvalue weighted by Gasteiger charge is 2.25. The Balaban J connectivity index is 1.69. The summed E-state index contributed by atoms with van der Waals surface area (Å²) in [5.41, 5.74) is 3.87. The van der Waals surface area contributed by atoms with Gasteiger partial charge >= 0.3 is 0 Å². The number of nitrogens with one attached hydrogen (secondary N) is 1. The van der Waals surface area contributed by atoms with E-state index in [1.54, 1.807) is 12.1 Å². The van der Waals surface area contributed by atoms with E-state index < -0.39 is 0 Å². The first-order valence-corrected chi connectivity index (χ1v) is 9.24. The van der Waals surface area contributed by atoms with E-state index in [1.165, 1.54) is 42.1 Å². The van der Waals surface area contributed by atoms with E-state index in [9.17, 15) is 4.39 Å². The number of rotatable bonds is 4. The molecule has 1 heterocycles. The zero-order valence-electron chi connectivity index (χ0n) is 14.7. The van der Waals surface area contributed by atoms with Crippen molar-refractivity contribution in [2.24, 2.45) is 0 Å². The lowest BCUT2D eigenvalue weighted by atomic mass is 9.81. The molecule has 2 aromatic carbocycles. The van der Waals surface area contributed by atoms with E-state index in [0.717, 1.165) is 12.1 Å². The third kappa shape index (κ3) is 3.34. The number of hydrogen-bond acceptors (Lipinski definition) is 1. The van der Waals surface area contributed by atoms with E-state index in [2.05, 4.69) is 47.4 Å². The maximum absolute atomic E-state index is 13.2. The highest BCUT2D eigenvalue weighted by atomic mass is 19.1. The van der Waals surface area contributed by atoms with Crippen molar-refractivity contribution in [2.75, 3.05) is 7.05 Å². The van der Waals surface area contributed by atoms with Crippen LogP contribution in [0.3, 0.4) is 0 Å².